The maximum atomic E-state index is 4.37. The fourth-order valence-electron chi connectivity index (χ4n) is 2.54. The van der Waals surface area contributed by atoms with E-state index in [4.69, 9.17) is 0 Å². The van der Waals surface area contributed by atoms with Crippen molar-refractivity contribution in [3.63, 3.8) is 0 Å². The summed E-state index contributed by atoms with van der Waals surface area (Å²) in [4.78, 5) is 4.37. The maximum Gasteiger partial charge on any atom is 0.0423 e. The summed E-state index contributed by atoms with van der Waals surface area (Å²) < 4.78 is 0. The van der Waals surface area contributed by atoms with Crippen LogP contribution in [-0.2, 0) is 6.42 Å². The largest absolute Gasteiger partial charge is 0.292 e. The third-order valence-electron chi connectivity index (χ3n) is 3.42. The Balaban J connectivity index is 2.14. The van der Waals surface area contributed by atoms with Gasteiger partial charge >= 0.3 is 0 Å². The van der Waals surface area contributed by atoms with E-state index in [0.29, 0.717) is 0 Å². The van der Waals surface area contributed by atoms with Gasteiger partial charge in [0.1, 0.15) is 0 Å². The van der Waals surface area contributed by atoms with E-state index in [2.05, 4.69) is 23.2 Å². The van der Waals surface area contributed by atoms with E-state index < -0.39 is 0 Å². The lowest BCUT2D eigenvalue weighted by atomic mass is 10.00. The lowest BCUT2D eigenvalue weighted by Gasteiger charge is -2.06. The molecular formula is C13H15N. The molecule has 14 heavy (non-hydrogen) atoms. The third-order valence-corrected chi connectivity index (χ3v) is 3.42. The Bertz CT molecular complexity index is 400. The number of nitrogens with zero attached hydrogens (tertiary/aromatic N) is 1. The van der Waals surface area contributed by atoms with E-state index in [-0.39, 0.29) is 0 Å². The average Bonchev–Trinajstić information content (AvgIpc) is 2.97. The Morgan fingerprint density at radius 2 is 2.07 bits per heavy atom. The molecule has 2 aliphatic carbocycles. The smallest absolute Gasteiger partial charge is 0.0423 e. The van der Waals surface area contributed by atoms with Crippen LogP contribution in [0.1, 0.15) is 41.9 Å². The minimum Gasteiger partial charge on any atom is -0.292 e. The van der Waals surface area contributed by atoms with Gasteiger partial charge in [0.2, 0.25) is 0 Å². The molecule has 0 atom stereocenters. The van der Waals surface area contributed by atoms with Gasteiger partial charge in [0, 0.05) is 12.8 Å². The monoisotopic (exact) mass is 185 g/mol. The standard InChI is InChI=1S/C13H15N/c1-14-13-8-7-11-10(9-5-6-9)3-2-4-12(11)13/h2-4,9H,5-8H2,1H3. The highest BCUT2D eigenvalue weighted by atomic mass is 14.7. The fraction of sp³-hybridized carbons (Fsp3) is 0.462. The summed E-state index contributed by atoms with van der Waals surface area (Å²) >= 11 is 0. The molecule has 0 aliphatic heterocycles. The first-order valence-electron chi connectivity index (χ1n) is 5.48. The SMILES string of the molecule is CN=C1CCc2c1cccc2C1CC1. The van der Waals surface area contributed by atoms with E-state index in [1.807, 2.05) is 7.05 Å². The summed E-state index contributed by atoms with van der Waals surface area (Å²) in [6.45, 7) is 0. The predicted molar refractivity (Wildman–Crippen MR) is 59.2 cm³/mol. The van der Waals surface area contributed by atoms with Crippen molar-refractivity contribution in [2.24, 2.45) is 4.99 Å². The lowest BCUT2D eigenvalue weighted by Crippen LogP contribution is -1.95. The number of aliphatic imine (C=N–C) groups is 1. The number of fused-ring (bicyclic) bond motifs is 1. The van der Waals surface area contributed by atoms with Crippen LogP contribution in [0.25, 0.3) is 0 Å². The summed E-state index contributed by atoms with van der Waals surface area (Å²) in [5, 5.41) is 0. The second kappa shape index (κ2) is 2.94. The highest BCUT2D eigenvalue weighted by Crippen LogP contribution is 2.43. The molecule has 1 nitrogen and oxygen atoms in total. The molecule has 1 aromatic rings. The van der Waals surface area contributed by atoms with Crippen molar-refractivity contribution >= 4 is 5.71 Å². The zero-order chi connectivity index (χ0) is 9.54. The lowest BCUT2D eigenvalue weighted by molar-refractivity contribution is 1.02. The Morgan fingerprint density at radius 1 is 1.21 bits per heavy atom. The molecule has 0 unspecified atom stereocenters. The summed E-state index contributed by atoms with van der Waals surface area (Å²) in [5.74, 6) is 0.876. The van der Waals surface area contributed by atoms with Crippen LogP contribution in [0.4, 0.5) is 0 Å². The minimum atomic E-state index is 0.876. The first kappa shape index (κ1) is 8.22. The highest BCUT2D eigenvalue weighted by Gasteiger charge is 2.29. The quantitative estimate of drug-likeness (QED) is 0.638. The van der Waals surface area contributed by atoms with Crippen LogP contribution in [0.3, 0.4) is 0 Å². The zero-order valence-electron chi connectivity index (χ0n) is 8.59. The average molecular weight is 185 g/mol. The summed E-state index contributed by atoms with van der Waals surface area (Å²) in [6.07, 6.45) is 5.16. The van der Waals surface area contributed by atoms with E-state index in [0.717, 1.165) is 12.3 Å². The van der Waals surface area contributed by atoms with Crippen molar-refractivity contribution in [2.45, 2.75) is 31.6 Å². The Morgan fingerprint density at radius 3 is 2.79 bits per heavy atom. The van der Waals surface area contributed by atoms with Crippen molar-refractivity contribution in [2.75, 3.05) is 7.05 Å². The molecule has 0 heterocycles. The molecule has 0 bridgehead atoms. The number of rotatable bonds is 1. The van der Waals surface area contributed by atoms with Crippen LogP contribution >= 0.6 is 0 Å². The molecule has 1 aromatic carbocycles. The molecule has 1 fully saturated rings. The fourth-order valence-corrected chi connectivity index (χ4v) is 2.54. The van der Waals surface area contributed by atoms with Crippen LogP contribution in [-0.4, -0.2) is 12.8 Å². The van der Waals surface area contributed by atoms with Gasteiger partial charge < -0.3 is 0 Å². The van der Waals surface area contributed by atoms with Gasteiger partial charge in [0.25, 0.3) is 0 Å². The number of hydrogen-bond donors (Lipinski definition) is 0. The van der Waals surface area contributed by atoms with Crippen molar-refractivity contribution < 1.29 is 0 Å². The van der Waals surface area contributed by atoms with Crippen LogP contribution in [0.2, 0.25) is 0 Å². The van der Waals surface area contributed by atoms with Gasteiger partial charge in [-0.1, -0.05) is 18.2 Å². The molecular weight excluding hydrogens is 170 g/mol. The third kappa shape index (κ3) is 1.12. The van der Waals surface area contributed by atoms with Gasteiger partial charge in [-0.15, -0.1) is 0 Å². The Kier molecular flexibility index (Phi) is 1.73. The second-order valence-corrected chi connectivity index (χ2v) is 4.32. The molecule has 0 spiro atoms. The number of benzene rings is 1. The van der Waals surface area contributed by atoms with Crippen molar-refractivity contribution in [1.82, 2.24) is 0 Å². The first-order chi connectivity index (χ1) is 6.90. The van der Waals surface area contributed by atoms with E-state index in [9.17, 15) is 0 Å². The molecule has 3 rings (SSSR count). The number of hydrogen-bond acceptors (Lipinski definition) is 1. The second-order valence-electron chi connectivity index (χ2n) is 4.32. The Hall–Kier alpha value is -1.11. The van der Waals surface area contributed by atoms with E-state index in [1.54, 1.807) is 11.1 Å². The van der Waals surface area contributed by atoms with E-state index >= 15 is 0 Å². The van der Waals surface area contributed by atoms with Gasteiger partial charge in [0.15, 0.2) is 0 Å². The van der Waals surface area contributed by atoms with Crippen molar-refractivity contribution in [3.8, 4) is 0 Å². The summed E-state index contributed by atoms with van der Waals surface area (Å²) in [5.41, 5.74) is 5.94. The van der Waals surface area contributed by atoms with E-state index in [1.165, 1.54) is 30.5 Å². The van der Waals surface area contributed by atoms with Crippen LogP contribution in [0, 0.1) is 0 Å². The molecule has 0 aromatic heterocycles. The molecule has 1 heteroatoms. The van der Waals surface area contributed by atoms with Gasteiger partial charge in [0.05, 0.1) is 0 Å². The normalized spacial score (nSPS) is 22.8. The van der Waals surface area contributed by atoms with Crippen LogP contribution < -0.4 is 0 Å². The first-order valence-corrected chi connectivity index (χ1v) is 5.48. The molecule has 0 radical (unpaired) electrons. The molecule has 0 saturated heterocycles. The summed E-state index contributed by atoms with van der Waals surface area (Å²) in [6, 6.07) is 6.74. The van der Waals surface area contributed by atoms with Crippen molar-refractivity contribution in [1.29, 1.82) is 0 Å². The highest BCUT2D eigenvalue weighted by molar-refractivity contribution is 6.04. The molecule has 72 valence electrons. The van der Waals surface area contributed by atoms with Crippen molar-refractivity contribution in [3.05, 3.63) is 34.9 Å². The predicted octanol–water partition coefficient (Wildman–Crippen LogP) is 2.93. The molecule has 0 amide bonds. The maximum absolute atomic E-state index is 4.37. The minimum absolute atomic E-state index is 0.876. The Labute approximate surface area is 84.9 Å². The van der Waals surface area contributed by atoms with Gasteiger partial charge in [-0.05, 0) is 48.3 Å². The van der Waals surface area contributed by atoms with Crippen LogP contribution in [0.5, 0.6) is 0 Å². The molecule has 2 aliphatic rings. The van der Waals surface area contributed by atoms with Gasteiger partial charge in [-0.25, -0.2) is 0 Å². The zero-order valence-corrected chi connectivity index (χ0v) is 8.59. The van der Waals surface area contributed by atoms with Gasteiger partial charge in [-0.3, -0.25) is 4.99 Å². The van der Waals surface area contributed by atoms with Crippen LogP contribution in [0.15, 0.2) is 23.2 Å². The topological polar surface area (TPSA) is 12.4 Å². The van der Waals surface area contributed by atoms with Gasteiger partial charge in [-0.2, -0.15) is 0 Å². The summed E-state index contributed by atoms with van der Waals surface area (Å²) in [7, 11) is 1.91. The molecule has 1 saturated carbocycles. The molecule has 0 N–H and O–H groups in total.